The molecule has 1 aromatic carbocycles. The highest BCUT2D eigenvalue weighted by Crippen LogP contribution is 2.35. The van der Waals surface area contributed by atoms with E-state index in [1.165, 1.54) is 4.88 Å². The van der Waals surface area contributed by atoms with Crippen LogP contribution < -0.4 is 9.47 Å². The van der Waals surface area contributed by atoms with Gasteiger partial charge in [0.1, 0.15) is 6.61 Å². The van der Waals surface area contributed by atoms with Crippen LogP contribution in [0.5, 0.6) is 11.5 Å². The van der Waals surface area contributed by atoms with Gasteiger partial charge in [0.15, 0.2) is 11.5 Å². The predicted molar refractivity (Wildman–Crippen MR) is 131 cm³/mol. The van der Waals surface area contributed by atoms with Gasteiger partial charge in [-0.25, -0.2) is 0 Å². The highest BCUT2D eigenvalue weighted by atomic mass is 32.1. The van der Waals surface area contributed by atoms with Crippen LogP contribution in [-0.2, 0) is 20.7 Å². The summed E-state index contributed by atoms with van der Waals surface area (Å²) in [5, 5.41) is 2.07. The predicted octanol–water partition coefficient (Wildman–Crippen LogP) is 3.93. The van der Waals surface area contributed by atoms with Crippen molar-refractivity contribution in [2.24, 2.45) is 5.92 Å². The van der Waals surface area contributed by atoms with Crippen LogP contribution in [0.4, 0.5) is 0 Å². The van der Waals surface area contributed by atoms with Gasteiger partial charge in [-0.1, -0.05) is 25.0 Å². The second-order valence-electron chi connectivity index (χ2n) is 8.85. The quantitative estimate of drug-likeness (QED) is 0.509. The fraction of sp³-hybridized carbons (Fsp3) is 0.538. The minimum atomic E-state index is -0.210. The average Bonchev–Trinajstić information content (AvgIpc) is 3.57. The van der Waals surface area contributed by atoms with Crippen molar-refractivity contribution in [1.82, 2.24) is 9.80 Å². The van der Waals surface area contributed by atoms with Crippen LogP contribution in [-0.4, -0.2) is 68.7 Å². The van der Waals surface area contributed by atoms with Crippen molar-refractivity contribution in [2.75, 3.05) is 47.1 Å². The summed E-state index contributed by atoms with van der Waals surface area (Å²) < 4.78 is 16.8. The molecule has 0 saturated heterocycles. The van der Waals surface area contributed by atoms with Gasteiger partial charge in [0.25, 0.3) is 0 Å². The fourth-order valence-corrected chi connectivity index (χ4v) is 5.86. The van der Waals surface area contributed by atoms with Crippen molar-refractivity contribution in [3.8, 4) is 11.5 Å². The minimum absolute atomic E-state index is 0.0270. The number of carbonyl (C=O) groups is 2. The lowest BCUT2D eigenvalue weighted by atomic mass is 10.00. The molecule has 1 saturated carbocycles. The van der Waals surface area contributed by atoms with Crippen molar-refractivity contribution in [1.29, 1.82) is 0 Å². The number of fused-ring (bicyclic) bond motifs is 1. The van der Waals surface area contributed by atoms with Gasteiger partial charge in [0.05, 0.1) is 26.3 Å². The van der Waals surface area contributed by atoms with E-state index in [0.29, 0.717) is 37.8 Å². The monoisotopic (exact) mass is 486 g/mol. The molecule has 0 N–H and O–H groups in total. The van der Waals surface area contributed by atoms with Gasteiger partial charge in [-0.3, -0.25) is 9.59 Å². The molecule has 8 heteroatoms. The molecule has 34 heavy (non-hydrogen) atoms. The van der Waals surface area contributed by atoms with E-state index in [-0.39, 0.29) is 30.3 Å². The lowest BCUT2D eigenvalue weighted by Crippen LogP contribution is -2.49. The maximum Gasteiger partial charge on any atom is 0.242 e. The Morgan fingerprint density at radius 1 is 1.12 bits per heavy atom. The van der Waals surface area contributed by atoms with Crippen LogP contribution in [0.3, 0.4) is 0 Å². The molecule has 184 valence electrons. The second kappa shape index (κ2) is 11.7. The van der Waals surface area contributed by atoms with Crippen molar-refractivity contribution < 1.29 is 23.8 Å². The molecule has 2 aromatic rings. The fourth-order valence-electron chi connectivity index (χ4n) is 4.94. The summed E-state index contributed by atoms with van der Waals surface area (Å²) in [6.07, 6.45) is 4.80. The summed E-state index contributed by atoms with van der Waals surface area (Å²) in [7, 11) is 3.24. The van der Waals surface area contributed by atoms with Crippen LogP contribution in [0, 0.1) is 5.92 Å². The van der Waals surface area contributed by atoms with E-state index < -0.39 is 0 Å². The first kappa shape index (κ1) is 24.5. The van der Waals surface area contributed by atoms with E-state index in [1.54, 1.807) is 30.5 Å². The second-order valence-corrected chi connectivity index (χ2v) is 9.85. The molecule has 1 aliphatic carbocycles. The molecule has 1 aliphatic heterocycles. The van der Waals surface area contributed by atoms with Gasteiger partial charge >= 0.3 is 0 Å². The number of amides is 2. The Bertz CT molecular complexity index is 972. The molecule has 7 nitrogen and oxygen atoms in total. The number of thiophene rings is 1. The normalized spacial score (nSPS) is 17.9. The molecule has 2 aliphatic rings. The lowest BCUT2D eigenvalue weighted by molar-refractivity contribution is -0.145. The van der Waals surface area contributed by atoms with E-state index in [1.807, 2.05) is 29.2 Å². The van der Waals surface area contributed by atoms with Crippen molar-refractivity contribution in [2.45, 2.75) is 38.1 Å². The molecule has 1 fully saturated rings. The molecule has 0 radical (unpaired) electrons. The van der Waals surface area contributed by atoms with Crippen molar-refractivity contribution in [3.63, 3.8) is 0 Å². The first-order valence-electron chi connectivity index (χ1n) is 12.0. The zero-order chi connectivity index (χ0) is 23.9. The number of benzene rings is 1. The Morgan fingerprint density at radius 3 is 2.62 bits per heavy atom. The summed E-state index contributed by atoms with van der Waals surface area (Å²) in [6, 6.07) is 9.40. The van der Waals surface area contributed by atoms with Gasteiger partial charge in [0.2, 0.25) is 11.8 Å². The third kappa shape index (κ3) is 5.55. The van der Waals surface area contributed by atoms with Crippen molar-refractivity contribution >= 4 is 23.2 Å². The molecule has 4 rings (SSSR count). The molecule has 0 bridgehead atoms. The Labute approximate surface area is 205 Å². The molecule has 1 aromatic heterocycles. The number of nitrogens with zero attached hydrogens (tertiary/aromatic N) is 2. The summed E-state index contributed by atoms with van der Waals surface area (Å²) in [6.45, 7) is 1.86. The maximum absolute atomic E-state index is 13.6. The Kier molecular flexibility index (Phi) is 8.45. The summed E-state index contributed by atoms with van der Waals surface area (Å²) in [5.74, 6) is 1.37. The van der Waals surface area contributed by atoms with Gasteiger partial charge in [-0.2, -0.15) is 0 Å². The summed E-state index contributed by atoms with van der Waals surface area (Å²) in [5.41, 5.74) is 1.13. The number of hydrogen-bond acceptors (Lipinski definition) is 6. The number of carbonyl (C=O) groups excluding carboxylic acids is 2. The van der Waals surface area contributed by atoms with E-state index >= 15 is 0 Å². The van der Waals surface area contributed by atoms with Crippen LogP contribution >= 0.6 is 11.3 Å². The van der Waals surface area contributed by atoms with E-state index in [9.17, 15) is 9.59 Å². The zero-order valence-electron chi connectivity index (χ0n) is 20.0. The van der Waals surface area contributed by atoms with Crippen LogP contribution in [0.2, 0.25) is 0 Å². The lowest BCUT2D eigenvalue weighted by Gasteiger charge is -2.37. The third-order valence-electron chi connectivity index (χ3n) is 6.79. The number of methoxy groups -OCH3 is 2. The van der Waals surface area contributed by atoms with Gasteiger partial charge < -0.3 is 24.0 Å². The maximum atomic E-state index is 13.6. The summed E-state index contributed by atoms with van der Waals surface area (Å²) in [4.78, 5) is 31.6. The molecular formula is C26H34N2O5S. The number of rotatable bonds is 10. The highest BCUT2D eigenvalue weighted by Gasteiger charge is 2.35. The topological polar surface area (TPSA) is 68.3 Å². The average molecular weight is 487 g/mol. The molecule has 1 atom stereocenters. The first-order valence-corrected chi connectivity index (χ1v) is 12.9. The largest absolute Gasteiger partial charge is 0.493 e. The van der Waals surface area contributed by atoms with Gasteiger partial charge in [-0.05, 0) is 48.4 Å². The summed E-state index contributed by atoms with van der Waals surface area (Å²) >= 11 is 1.72. The first-order chi connectivity index (χ1) is 16.6. The SMILES string of the molecule is COCCN(CC(=O)N1CCc2sccc2[C@H]1COc1ccccc1OC)C(=O)C1CCCC1. The molecule has 0 spiro atoms. The van der Waals surface area contributed by atoms with E-state index in [2.05, 4.69) is 11.4 Å². The molecular weight excluding hydrogens is 452 g/mol. The number of ether oxygens (including phenoxy) is 3. The van der Waals surface area contributed by atoms with Gasteiger partial charge in [-0.15, -0.1) is 11.3 Å². The third-order valence-corrected chi connectivity index (χ3v) is 7.79. The number of hydrogen-bond donors (Lipinski definition) is 0. The Morgan fingerprint density at radius 2 is 1.88 bits per heavy atom. The molecule has 2 heterocycles. The highest BCUT2D eigenvalue weighted by molar-refractivity contribution is 7.10. The van der Waals surface area contributed by atoms with Crippen LogP contribution in [0.25, 0.3) is 0 Å². The molecule has 2 amide bonds. The Balaban J connectivity index is 1.50. The molecule has 0 unspecified atom stereocenters. The van der Waals surface area contributed by atoms with Crippen LogP contribution in [0.15, 0.2) is 35.7 Å². The standard InChI is InChI=1S/C26H34N2O5S/c1-31-15-14-27(26(30)19-7-3-4-8-19)17-25(29)28-13-11-24-20(12-16-34-24)21(28)18-33-23-10-6-5-9-22(23)32-2/h5-6,9-10,12,16,19,21H,3-4,7-8,11,13-15,17-18H2,1-2H3/t21-/m1/s1. The van der Waals surface area contributed by atoms with Crippen LogP contribution in [0.1, 0.15) is 42.2 Å². The van der Waals surface area contributed by atoms with E-state index in [0.717, 1.165) is 37.7 Å². The van der Waals surface area contributed by atoms with Crippen molar-refractivity contribution in [3.05, 3.63) is 46.2 Å². The van der Waals surface area contributed by atoms with Gasteiger partial charge in [0, 0.05) is 31.0 Å². The van der Waals surface area contributed by atoms with E-state index in [4.69, 9.17) is 14.2 Å². The number of para-hydroxylation sites is 2. The smallest absolute Gasteiger partial charge is 0.242 e. The zero-order valence-corrected chi connectivity index (χ0v) is 20.9. The Hall–Kier alpha value is -2.58. The minimum Gasteiger partial charge on any atom is -0.493 e.